The van der Waals surface area contributed by atoms with Crippen LogP contribution in [0.3, 0.4) is 0 Å². The topological polar surface area (TPSA) is 93.8 Å². The van der Waals surface area contributed by atoms with Crippen molar-refractivity contribution in [3.05, 3.63) is 18.5 Å². The molecule has 0 aliphatic carbocycles. The van der Waals surface area contributed by atoms with Crippen LogP contribution in [0, 0.1) is 0 Å². The van der Waals surface area contributed by atoms with Crippen LogP contribution >= 0.6 is 11.5 Å². The summed E-state index contributed by atoms with van der Waals surface area (Å²) in [5.74, 6) is -1.42. The standard InChI is InChI=1S/C5H3N5O2S/c11-4(12)3-7-2-10(9-3)5-6-1-8-13-5/h1-2H,(H,11,12). The van der Waals surface area contributed by atoms with Crippen LogP contribution in [-0.2, 0) is 0 Å². The SMILES string of the molecule is O=C(O)c1ncn(-c2ncns2)n1. The molecule has 0 bridgehead atoms. The van der Waals surface area contributed by atoms with Crippen molar-refractivity contribution in [2.24, 2.45) is 0 Å². The summed E-state index contributed by atoms with van der Waals surface area (Å²) in [6.45, 7) is 0. The predicted molar refractivity (Wildman–Crippen MR) is 41.8 cm³/mol. The molecule has 0 saturated heterocycles. The molecule has 0 aromatic carbocycles. The number of aromatic nitrogens is 5. The molecular weight excluding hydrogens is 194 g/mol. The summed E-state index contributed by atoms with van der Waals surface area (Å²) < 4.78 is 5.01. The normalized spacial score (nSPS) is 10.2. The Morgan fingerprint density at radius 2 is 2.38 bits per heavy atom. The van der Waals surface area contributed by atoms with Gasteiger partial charge in [0.15, 0.2) is 0 Å². The molecule has 0 aliphatic rings. The lowest BCUT2D eigenvalue weighted by atomic mass is 10.7. The molecule has 0 atom stereocenters. The van der Waals surface area contributed by atoms with E-state index in [1.54, 1.807) is 0 Å². The van der Waals surface area contributed by atoms with Gasteiger partial charge in [0.2, 0.25) is 5.13 Å². The van der Waals surface area contributed by atoms with E-state index in [0.29, 0.717) is 5.13 Å². The minimum absolute atomic E-state index is 0.254. The molecule has 2 rings (SSSR count). The second-order valence-corrected chi connectivity index (χ2v) is 2.80. The van der Waals surface area contributed by atoms with Crippen molar-refractivity contribution in [3.8, 4) is 5.13 Å². The molecule has 0 unspecified atom stereocenters. The smallest absolute Gasteiger partial charge is 0.375 e. The fourth-order valence-electron chi connectivity index (χ4n) is 0.721. The molecule has 8 heteroatoms. The van der Waals surface area contributed by atoms with E-state index in [-0.39, 0.29) is 5.82 Å². The highest BCUT2D eigenvalue weighted by molar-refractivity contribution is 7.07. The Kier molecular flexibility index (Phi) is 1.74. The van der Waals surface area contributed by atoms with Crippen LogP contribution in [0.25, 0.3) is 5.13 Å². The first kappa shape index (κ1) is 7.80. The van der Waals surface area contributed by atoms with Crippen LogP contribution in [0.1, 0.15) is 10.6 Å². The highest BCUT2D eigenvalue weighted by atomic mass is 32.1. The van der Waals surface area contributed by atoms with Crippen molar-refractivity contribution in [1.82, 2.24) is 24.1 Å². The second kappa shape index (κ2) is 2.90. The third-order valence-corrected chi connectivity index (χ3v) is 1.88. The monoisotopic (exact) mass is 197 g/mol. The Morgan fingerprint density at radius 3 is 2.92 bits per heavy atom. The summed E-state index contributed by atoms with van der Waals surface area (Å²) in [6, 6.07) is 0. The molecular formula is C5H3N5O2S. The zero-order chi connectivity index (χ0) is 9.26. The molecule has 0 aliphatic heterocycles. The molecule has 13 heavy (non-hydrogen) atoms. The summed E-state index contributed by atoms with van der Waals surface area (Å²) in [6.07, 6.45) is 2.64. The summed E-state index contributed by atoms with van der Waals surface area (Å²) in [5, 5.41) is 12.7. The van der Waals surface area contributed by atoms with Gasteiger partial charge in [-0.1, -0.05) is 0 Å². The predicted octanol–water partition coefficient (Wildman–Crippen LogP) is -0.183. The van der Waals surface area contributed by atoms with Crippen LogP contribution in [-0.4, -0.2) is 35.2 Å². The van der Waals surface area contributed by atoms with Crippen LogP contribution < -0.4 is 0 Å². The highest BCUT2D eigenvalue weighted by Gasteiger charge is 2.10. The lowest BCUT2D eigenvalue weighted by Gasteiger charge is -1.88. The van der Waals surface area contributed by atoms with Gasteiger partial charge >= 0.3 is 5.97 Å². The van der Waals surface area contributed by atoms with Crippen molar-refractivity contribution < 1.29 is 9.90 Å². The van der Waals surface area contributed by atoms with Gasteiger partial charge in [-0.3, -0.25) is 0 Å². The van der Waals surface area contributed by atoms with E-state index in [4.69, 9.17) is 5.11 Å². The van der Waals surface area contributed by atoms with Crippen molar-refractivity contribution in [2.45, 2.75) is 0 Å². The summed E-state index contributed by atoms with van der Waals surface area (Å²) in [4.78, 5) is 17.8. The number of carboxylic acid groups (broad SMARTS) is 1. The Balaban J connectivity index is 2.39. The number of rotatable bonds is 2. The van der Waals surface area contributed by atoms with Gasteiger partial charge in [0, 0.05) is 11.5 Å². The minimum atomic E-state index is -1.16. The quantitative estimate of drug-likeness (QED) is 0.717. The fourth-order valence-corrected chi connectivity index (χ4v) is 1.18. The maximum Gasteiger partial charge on any atom is 0.375 e. The second-order valence-electron chi connectivity index (χ2n) is 2.04. The number of hydrogen-bond donors (Lipinski definition) is 1. The highest BCUT2D eigenvalue weighted by Crippen LogP contribution is 2.05. The summed E-state index contributed by atoms with van der Waals surface area (Å²) >= 11 is 1.11. The molecule has 0 amide bonds. The van der Waals surface area contributed by atoms with Crippen LogP contribution in [0.5, 0.6) is 0 Å². The number of nitrogens with zero attached hydrogens (tertiary/aromatic N) is 5. The number of hydrogen-bond acceptors (Lipinski definition) is 6. The van der Waals surface area contributed by atoms with E-state index < -0.39 is 5.97 Å². The third-order valence-electron chi connectivity index (χ3n) is 1.23. The summed E-state index contributed by atoms with van der Waals surface area (Å²) in [7, 11) is 0. The maximum atomic E-state index is 10.4. The van der Waals surface area contributed by atoms with E-state index in [2.05, 4.69) is 19.4 Å². The number of aromatic carboxylic acids is 1. The first-order valence-electron chi connectivity index (χ1n) is 3.19. The van der Waals surface area contributed by atoms with Gasteiger partial charge < -0.3 is 5.11 Å². The van der Waals surface area contributed by atoms with Gasteiger partial charge in [-0.25, -0.2) is 14.8 Å². The number of carbonyl (C=O) groups is 1. The van der Waals surface area contributed by atoms with E-state index in [0.717, 1.165) is 11.5 Å². The molecule has 2 aromatic rings. The van der Waals surface area contributed by atoms with Gasteiger partial charge in [0.1, 0.15) is 12.7 Å². The Labute approximate surface area is 75.9 Å². The number of carboxylic acids is 1. The molecule has 0 fully saturated rings. The van der Waals surface area contributed by atoms with Gasteiger partial charge in [-0.05, 0) is 0 Å². The average molecular weight is 197 g/mol. The lowest BCUT2D eigenvalue weighted by Crippen LogP contribution is -2.01. The average Bonchev–Trinajstić information content (AvgIpc) is 2.75. The molecule has 66 valence electrons. The molecule has 0 radical (unpaired) electrons. The molecule has 2 aromatic heterocycles. The van der Waals surface area contributed by atoms with Gasteiger partial charge in [0.25, 0.3) is 5.82 Å². The van der Waals surface area contributed by atoms with E-state index in [1.807, 2.05) is 0 Å². The maximum absolute atomic E-state index is 10.4. The summed E-state index contributed by atoms with van der Waals surface area (Å²) in [5.41, 5.74) is 0. The van der Waals surface area contributed by atoms with Crippen molar-refractivity contribution in [1.29, 1.82) is 0 Å². The molecule has 7 nitrogen and oxygen atoms in total. The van der Waals surface area contributed by atoms with Gasteiger partial charge in [-0.2, -0.15) is 9.06 Å². The zero-order valence-corrected chi connectivity index (χ0v) is 6.97. The fraction of sp³-hybridized carbons (Fsp3) is 0. The van der Waals surface area contributed by atoms with Gasteiger partial charge in [0.05, 0.1) is 0 Å². The van der Waals surface area contributed by atoms with Crippen molar-refractivity contribution in [3.63, 3.8) is 0 Å². The van der Waals surface area contributed by atoms with E-state index in [1.165, 1.54) is 17.3 Å². The zero-order valence-electron chi connectivity index (χ0n) is 6.15. The van der Waals surface area contributed by atoms with E-state index in [9.17, 15) is 4.79 Å². The first-order valence-corrected chi connectivity index (χ1v) is 3.97. The Hall–Kier alpha value is -1.83. The molecule has 1 N–H and O–H groups in total. The van der Waals surface area contributed by atoms with Crippen LogP contribution in [0.2, 0.25) is 0 Å². The van der Waals surface area contributed by atoms with E-state index >= 15 is 0 Å². The molecule has 0 saturated carbocycles. The Morgan fingerprint density at radius 1 is 1.54 bits per heavy atom. The molecule has 2 heterocycles. The molecule has 0 spiro atoms. The van der Waals surface area contributed by atoms with Crippen molar-refractivity contribution in [2.75, 3.05) is 0 Å². The lowest BCUT2D eigenvalue weighted by molar-refractivity contribution is 0.0683. The third kappa shape index (κ3) is 1.38. The largest absolute Gasteiger partial charge is 0.475 e. The first-order chi connectivity index (χ1) is 6.27. The van der Waals surface area contributed by atoms with Gasteiger partial charge in [-0.15, -0.1) is 5.10 Å². The minimum Gasteiger partial charge on any atom is -0.475 e. The van der Waals surface area contributed by atoms with Crippen LogP contribution in [0.4, 0.5) is 0 Å². The van der Waals surface area contributed by atoms with Crippen LogP contribution in [0.15, 0.2) is 12.7 Å². The van der Waals surface area contributed by atoms with Crippen molar-refractivity contribution >= 4 is 17.5 Å². The Bertz CT molecular complexity index is 422.